The minimum atomic E-state index is -0.243. The van der Waals surface area contributed by atoms with Crippen molar-refractivity contribution in [2.75, 3.05) is 12.4 Å². The highest BCUT2D eigenvalue weighted by Gasteiger charge is 2.10. The summed E-state index contributed by atoms with van der Waals surface area (Å²) in [6, 6.07) is 14.9. The van der Waals surface area contributed by atoms with Gasteiger partial charge in [-0.05, 0) is 40.8 Å². The Morgan fingerprint density at radius 3 is 2.55 bits per heavy atom. The number of halogens is 2. The molecule has 1 heterocycles. The van der Waals surface area contributed by atoms with Crippen LogP contribution in [0.3, 0.4) is 0 Å². The van der Waals surface area contributed by atoms with Crippen LogP contribution in [-0.2, 0) is 0 Å². The van der Waals surface area contributed by atoms with Gasteiger partial charge in [-0.15, -0.1) is 0 Å². The Morgan fingerprint density at radius 2 is 1.85 bits per heavy atom. The van der Waals surface area contributed by atoms with Crippen LogP contribution in [0.5, 0.6) is 0 Å². The molecule has 0 atom stereocenters. The van der Waals surface area contributed by atoms with E-state index in [0.29, 0.717) is 0 Å². The van der Waals surface area contributed by atoms with Gasteiger partial charge >= 0.3 is 0 Å². The normalized spacial score (nSPS) is 10.8. The van der Waals surface area contributed by atoms with E-state index < -0.39 is 0 Å². The zero-order valence-corrected chi connectivity index (χ0v) is 13.0. The van der Waals surface area contributed by atoms with E-state index >= 15 is 0 Å². The lowest BCUT2D eigenvalue weighted by Crippen LogP contribution is -1.96. The molecular weight excluding hydrogens is 366 g/mol. The van der Waals surface area contributed by atoms with Gasteiger partial charge in [-0.1, -0.05) is 30.3 Å². The Morgan fingerprint density at radius 1 is 1.10 bits per heavy atom. The highest BCUT2D eigenvalue weighted by Crippen LogP contribution is 2.31. The van der Waals surface area contributed by atoms with E-state index in [9.17, 15) is 4.39 Å². The van der Waals surface area contributed by atoms with Gasteiger partial charge in [0.15, 0.2) is 0 Å². The minimum Gasteiger partial charge on any atom is -0.388 e. The monoisotopic (exact) mass is 378 g/mol. The fraction of sp³-hybridized carbons (Fsp3) is 0.0625. The number of fused-ring (bicyclic) bond motifs is 1. The molecule has 0 bridgehead atoms. The third kappa shape index (κ3) is 2.35. The molecule has 3 rings (SSSR count). The van der Waals surface area contributed by atoms with Crippen LogP contribution in [0.1, 0.15) is 0 Å². The molecule has 1 aromatic heterocycles. The maximum Gasteiger partial charge on any atom is 0.125 e. The Bertz CT molecular complexity index is 772. The minimum absolute atomic E-state index is 0.243. The highest BCUT2D eigenvalue weighted by molar-refractivity contribution is 14.1. The van der Waals surface area contributed by atoms with Crippen LogP contribution in [0, 0.1) is 9.39 Å². The fourth-order valence-corrected chi connectivity index (χ4v) is 2.92. The molecule has 0 aliphatic heterocycles. The molecule has 0 spiro atoms. The number of pyridine rings is 1. The maximum atomic E-state index is 13.6. The summed E-state index contributed by atoms with van der Waals surface area (Å²) >= 11 is 2.12. The summed E-state index contributed by atoms with van der Waals surface area (Å²) in [5, 5.41) is 3.93. The summed E-state index contributed by atoms with van der Waals surface area (Å²) in [5.74, 6) is -0.243. The first-order valence-electron chi connectivity index (χ1n) is 6.22. The van der Waals surface area contributed by atoms with Crippen LogP contribution in [0.2, 0.25) is 0 Å². The van der Waals surface area contributed by atoms with E-state index in [0.717, 1.165) is 31.4 Å². The maximum absolute atomic E-state index is 13.6. The SMILES string of the molecule is CNc1cc(-c2ccccc2)nc2c(I)cc(F)cc12. The molecule has 20 heavy (non-hydrogen) atoms. The quantitative estimate of drug-likeness (QED) is 0.655. The predicted octanol–water partition coefficient (Wildman–Crippen LogP) is 4.69. The average Bonchev–Trinajstić information content (AvgIpc) is 2.47. The standard InChI is InChI=1S/C16H12FIN2/c1-19-15-9-14(10-5-3-2-4-6-10)20-16-12(15)7-11(17)8-13(16)18/h2-9H,1H3,(H,19,20). The van der Waals surface area contributed by atoms with Crippen molar-refractivity contribution in [3.63, 3.8) is 0 Å². The number of nitrogens with zero attached hydrogens (tertiary/aromatic N) is 1. The van der Waals surface area contributed by atoms with Gasteiger partial charge in [0.25, 0.3) is 0 Å². The molecule has 0 aliphatic rings. The molecule has 100 valence electrons. The van der Waals surface area contributed by atoms with Gasteiger partial charge in [-0.25, -0.2) is 9.37 Å². The Labute approximate surface area is 130 Å². The van der Waals surface area contributed by atoms with E-state index in [-0.39, 0.29) is 5.82 Å². The van der Waals surface area contributed by atoms with Crippen molar-refractivity contribution >= 4 is 39.2 Å². The van der Waals surface area contributed by atoms with Crippen LogP contribution >= 0.6 is 22.6 Å². The van der Waals surface area contributed by atoms with Crippen molar-refractivity contribution in [3.8, 4) is 11.3 Å². The molecule has 3 aromatic rings. The number of anilines is 1. The van der Waals surface area contributed by atoms with Gasteiger partial charge < -0.3 is 5.32 Å². The van der Waals surface area contributed by atoms with E-state index in [4.69, 9.17) is 0 Å². The smallest absolute Gasteiger partial charge is 0.125 e. The second-order valence-corrected chi connectivity index (χ2v) is 5.62. The molecule has 0 fully saturated rings. The summed E-state index contributed by atoms with van der Waals surface area (Å²) in [7, 11) is 1.83. The van der Waals surface area contributed by atoms with Crippen molar-refractivity contribution in [2.45, 2.75) is 0 Å². The largest absolute Gasteiger partial charge is 0.388 e. The Balaban J connectivity index is 2.32. The van der Waals surface area contributed by atoms with E-state index in [2.05, 4.69) is 32.9 Å². The van der Waals surface area contributed by atoms with E-state index in [1.165, 1.54) is 12.1 Å². The molecule has 4 heteroatoms. The number of nitrogens with one attached hydrogen (secondary N) is 1. The molecule has 0 saturated heterocycles. The van der Waals surface area contributed by atoms with Crippen molar-refractivity contribution in [1.82, 2.24) is 4.98 Å². The van der Waals surface area contributed by atoms with Gasteiger partial charge in [-0.3, -0.25) is 0 Å². The van der Waals surface area contributed by atoms with E-state index in [1.807, 2.05) is 43.4 Å². The number of aromatic nitrogens is 1. The Hall–Kier alpha value is -1.69. The first kappa shape index (κ1) is 13.3. The van der Waals surface area contributed by atoms with Gasteiger partial charge in [0.1, 0.15) is 5.82 Å². The molecule has 0 amide bonds. The van der Waals surface area contributed by atoms with Crippen LogP contribution in [-0.4, -0.2) is 12.0 Å². The molecule has 2 aromatic carbocycles. The molecular formula is C16H12FIN2. The molecule has 0 saturated carbocycles. The molecule has 2 nitrogen and oxygen atoms in total. The van der Waals surface area contributed by atoms with Crippen molar-refractivity contribution in [2.24, 2.45) is 0 Å². The lowest BCUT2D eigenvalue weighted by atomic mass is 10.1. The van der Waals surface area contributed by atoms with Gasteiger partial charge in [0.05, 0.1) is 11.2 Å². The lowest BCUT2D eigenvalue weighted by molar-refractivity contribution is 0.629. The third-order valence-corrected chi connectivity index (χ3v) is 3.99. The topological polar surface area (TPSA) is 24.9 Å². The van der Waals surface area contributed by atoms with Crippen LogP contribution in [0.4, 0.5) is 10.1 Å². The highest BCUT2D eigenvalue weighted by atomic mass is 127. The van der Waals surface area contributed by atoms with Crippen LogP contribution in [0.25, 0.3) is 22.2 Å². The lowest BCUT2D eigenvalue weighted by Gasteiger charge is -2.11. The number of hydrogen-bond donors (Lipinski definition) is 1. The molecule has 1 N–H and O–H groups in total. The summed E-state index contributed by atoms with van der Waals surface area (Å²) < 4.78 is 14.4. The van der Waals surface area contributed by atoms with Crippen molar-refractivity contribution in [3.05, 3.63) is 57.9 Å². The predicted molar refractivity (Wildman–Crippen MR) is 89.4 cm³/mol. The summed E-state index contributed by atoms with van der Waals surface area (Å²) in [6.45, 7) is 0. The van der Waals surface area contributed by atoms with Crippen molar-refractivity contribution in [1.29, 1.82) is 0 Å². The Kier molecular flexibility index (Phi) is 3.56. The number of hydrogen-bond acceptors (Lipinski definition) is 2. The van der Waals surface area contributed by atoms with Gasteiger partial charge in [-0.2, -0.15) is 0 Å². The zero-order valence-electron chi connectivity index (χ0n) is 10.8. The zero-order chi connectivity index (χ0) is 14.1. The average molecular weight is 378 g/mol. The first-order chi connectivity index (χ1) is 9.69. The summed E-state index contributed by atoms with van der Waals surface area (Å²) in [6.07, 6.45) is 0. The van der Waals surface area contributed by atoms with E-state index in [1.54, 1.807) is 0 Å². The number of rotatable bonds is 2. The molecule has 0 aliphatic carbocycles. The second kappa shape index (κ2) is 5.36. The number of benzene rings is 2. The van der Waals surface area contributed by atoms with Crippen LogP contribution in [0.15, 0.2) is 48.5 Å². The molecule has 0 unspecified atom stereocenters. The molecule has 0 radical (unpaired) electrons. The third-order valence-electron chi connectivity index (χ3n) is 3.17. The van der Waals surface area contributed by atoms with Crippen LogP contribution < -0.4 is 5.32 Å². The fourth-order valence-electron chi connectivity index (χ4n) is 2.22. The van der Waals surface area contributed by atoms with Gasteiger partial charge in [0.2, 0.25) is 0 Å². The van der Waals surface area contributed by atoms with Gasteiger partial charge in [0, 0.05) is 27.3 Å². The summed E-state index contributed by atoms with van der Waals surface area (Å²) in [5.41, 5.74) is 3.63. The second-order valence-electron chi connectivity index (χ2n) is 4.45. The van der Waals surface area contributed by atoms with Crippen molar-refractivity contribution < 1.29 is 4.39 Å². The summed E-state index contributed by atoms with van der Waals surface area (Å²) in [4.78, 5) is 4.68. The first-order valence-corrected chi connectivity index (χ1v) is 7.30.